The van der Waals surface area contributed by atoms with Crippen molar-refractivity contribution in [2.75, 3.05) is 0 Å². The van der Waals surface area contributed by atoms with E-state index in [1.807, 2.05) is 0 Å². The van der Waals surface area contributed by atoms with Crippen LogP contribution in [0, 0.1) is 0 Å². The van der Waals surface area contributed by atoms with Gasteiger partial charge in [0, 0.05) is 0 Å². The summed E-state index contributed by atoms with van der Waals surface area (Å²) in [6, 6.07) is 6.55. The Balaban J connectivity index is 2.17. The first-order valence-corrected chi connectivity index (χ1v) is 6.32. The van der Waals surface area contributed by atoms with Gasteiger partial charge >= 0.3 is 5.97 Å². The van der Waals surface area contributed by atoms with Crippen LogP contribution >= 0.6 is 11.6 Å². The fraction of sp³-hybridized carbons (Fsp3) is 0.133. The molecule has 0 amide bonds. The minimum Gasteiger partial charge on any atom is -0.312 e. The van der Waals surface area contributed by atoms with Crippen molar-refractivity contribution >= 4 is 29.1 Å². The molecule has 0 radical (unpaired) electrons. The van der Waals surface area contributed by atoms with Crippen LogP contribution in [0.5, 0.6) is 0 Å². The third kappa shape index (κ3) is 3.03. The maximum absolute atomic E-state index is 11.8. The molecule has 0 heterocycles. The summed E-state index contributed by atoms with van der Waals surface area (Å²) in [5.41, 5.74) is 1.77. The molecule has 0 bridgehead atoms. The maximum atomic E-state index is 11.8. The molecule has 1 aromatic rings. The van der Waals surface area contributed by atoms with Gasteiger partial charge in [0.1, 0.15) is 5.71 Å². The van der Waals surface area contributed by atoms with Crippen molar-refractivity contribution < 1.29 is 14.4 Å². The van der Waals surface area contributed by atoms with Crippen LogP contribution in [0.4, 0.5) is 0 Å². The van der Waals surface area contributed by atoms with Gasteiger partial charge in [-0.2, -0.15) is 0 Å². The fourth-order valence-corrected chi connectivity index (χ4v) is 1.96. The highest BCUT2D eigenvalue weighted by molar-refractivity contribution is 6.33. The normalized spacial score (nSPS) is 14.6. The minimum absolute atomic E-state index is 0.0404. The Bertz CT molecular complexity index is 647. The Morgan fingerprint density at radius 3 is 2.35 bits per heavy atom. The van der Waals surface area contributed by atoms with Crippen LogP contribution in [0.2, 0.25) is 5.02 Å². The highest BCUT2D eigenvalue weighted by Crippen LogP contribution is 2.17. The van der Waals surface area contributed by atoms with Crippen molar-refractivity contribution in [3.8, 4) is 0 Å². The van der Waals surface area contributed by atoms with Gasteiger partial charge in [0.05, 0.1) is 10.6 Å². The summed E-state index contributed by atoms with van der Waals surface area (Å²) in [7, 11) is 0. The molecule has 0 fully saturated rings. The summed E-state index contributed by atoms with van der Waals surface area (Å²) < 4.78 is 0. The molecule has 0 atom stereocenters. The van der Waals surface area contributed by atoms with Gasteiger partial charge in [-0.3, -0.25) is 4.79 Å². The van der Waals surface area contributed by atoms with E-state index >= 15 is 0 Å². The number of carbonyl (C=O) groups excluding carboxylic acids is 2. The van der Waals surface area contributed by atoms with E-state index in [0.717, 1.165) is 0 Å². The lowest BCUT2D eigenvalue weighted by atomic mass is 9.98. The van der Waals surface area contributed by atoms with Crippen LogP contribution in [0.1, 0.15) is 24.2 Å². The van der Waals surface area contributed by atoms with Crippen LogP contribution in [-0.4, -0.2) is 17.5 Å². The largest absolute Gasteiger partial charge is 0.367 e. The second-order valence-electron chi connectivity index (χ2n) is 4.36. The van der Waals surface area contributed by atoms with Crippen LogP contribution in [0.15, 0.2) is 52.7 Å². The highest BCUT2D eigenvalue weighted by atomic mass is 35.5. The monoisotopic (exact) mass is 289 g/mol. The number of halogens is 1. The Hall–Kier alpha value is -2.20. The lowest BCUT2D eigenvalue weighted by molar-refractivity contribution is -0.112. The molecule has 20 heavy (non-hydrogen) atoms. The average molecular weight is 290 g/mol. The van der Waals surface area contributed by atoms with Gasteiger partial charge in [-0.15, -0.1) is 0 Å². The van der Waals surface area contributed by atoms with Crippen LogP contribution in [0.25, 0.3) is 0 Å². The zero-order valence-corrected chi connectivity index (χ0v) is 11.8. The number of hydrogen-bond donors (Lipinski definition) is 0. The number of carbonyl (C=O) groups is 2. The third-order valence-electron chi connectivity index (χ3n) is 2.77. The minimum atomic E-state index is -0.642. The average Bonchev–Trinajstić information content (AvgIpc) is 2.42. The van der Waals surface area contributed by atoms with Crippen molar-refractivity contribution in [3.05, 3.63) is 58.1 Å². The van der Waals surface area contributed by atoms with E-state index in [-0.39, 0.29) is 11.3 Å². The zero-order valence-electron chi connectivity index (χ0n) is 11.0. The number of allylic oxidation sites excluding steroid dienone is 4. The molecule has 1 aliphatic carbocycles. The van der Waals surface area contributed by atoms with Gasteiger partial charge in [-0.1, -0.05) is 28.9 Å². The van der Waals surface area contributed by atoms with Crippen molar-refractivity contribution in [1.82, 2.24) is 0 Å². The summed E-state index contributed by atoms with van der Waals surface area (Å²) in [4.78, 5) is 28.2. The van der Waals surface area contributed by atoms with E-state index in [9.17, 15) is 9.59 Å². The van der Waals surface area contributed by atoms with Gasteiger partial charge in [-0.25, -0.2) is 4.79 Å². The van der Waals surface area contributed by atoms with E-state index in [1.54, 1.807) is 50.3 Å². The number of benzene rings is 1. The highest BCUT2D eigenvalue weighted by Gasteiger charge is 2.15. The molecular weight excluding hydrogens is 278 g/mol. The van der Waals surface area contributed by atoms with Crippen LogP contribution in [-0.2, 0) is 9.63 Å². The summed E-state index contributed by atoms with van der Waals surface area (Å²) in [5.74, 6) is -0.682. The SMILES string of the molecule is CC1=CC(=NOC(=O)c2ccccc2Cl)C=C(C)C1=O. The summed E-state index contributed by atoms with van der Waals surface area (Å²) >= 11 is 5.89. The molecule has 0 saturated heterocycles. The predicted octanol–water partition coefficient (Wildman–Crippen LogP) is 3.33. The standard InChI is InChI=1S/C15H12ClNO3/c1-9-7-11(8-10(2)14(9)18)17-20-15(19)12-5-3-4-6-13(12)16/h3-8H,1-2H3. The second-order valence-corrected chi connectivity index (χ2v) is 4.77. The van der Waals surface area contributed by atoms with Crippen molar-refractivity contribution in [2.24, 2.45) is 5.16 Å². The number of Topliss-reactive ketones (excluding diaryl/α,β-unsaturated/α-hetero) is 1. The van der Waals surface area contributed by atoms with Crippen LogP contribution in [0.3, 0.4) is 0 Å². The zero-order chi connectivity index (χ0) is 14.7. The van der Waals surface area contributed by atoms with Gasteiger partial charge in [0.2, 0.25) is 0 Å². The number of nitrogens with zero attached hydrogens (tertiary/aromatic N) is 1. The molecule has 1 aromatic carbocycles. The molecular formula is C15H12ClNO3. The smallest absolute Gasteiger partial charge is 0.312 e. The first-order valence-electron chi connectivity index (χ1n) is 5.94. The van der Waals surface area contributed by atoms with Gasteiger partial charge in [0.15, 0.2) is 5.78 Å². The van der Waals surface area contributed by atoms with Gasteiger partial charge in [-0.05, 0) is 49.3 Å². The molecule has 0 aromatic heterocycles. The van der Waals surface area contributed by atoms with E-state index in [2.05, 4.69) is 5.16 Å². The molecule has 102 valence electrons. The number of oxime groups is 1. The van der Waals surface area contributed by atoms with Gasteiger partial charge < -0.3 is 4.84 Å². The van der Waals surface area contributed by atoms with E-state index in [0.29, 0.717) is 21.9 Å². The number of hydrogen-bond acceptors (Lipinski definition) is 4. The second kappa shape index (κ2) is 5.84. The predicted molar refractivity (Wildman–Crippen MR) is 76.8 cm³/mol. The molecule has 0 N–H and O–H groups in total. The molecule has 0 aliphatic heterocycles. The van der Waals surface area contributed by atoms with E-state index < -0.39 is 5.97 Å². The quantitative estimate of drug-likeness (QED) is 0.477. The summed E-state index contributed by atoms with van der Waals surface area (Å²) in [6.07, 6.45) is 3.13. The van der Waals surface area contributed by atoms with Crippen molar-refractivity contribution in [1.29, 1.82) is 0 Å². The summed E-state index contributed by atoms with van der Waals surface area (Å²) in [5, 5.41) is 4.04. The Morgan fingerprint density at radius 2 is 1.75 bits per heavy atom. The molecule has 2 rings (SSSR count). The summed E-state index contributed by atoms with van der Waals surface area (Å²) in [6.45, 7) is 3.37. The Labute approximate surface area is 121 Å². The number of ketones is 1. The number of rotatable bonds is 2. The van der Waals surface area contributed by atoms with Crippen molar-refractivity contribution in [3.63, 3.8) is 0 Å². The van der Waals surface area contributed by atoms with Gasteiger partial charge in [0.25, 0.3) is 0 Å². The lowest BCUT2D eigenvalue weighted by Crippen LogP contribution is -2.11. The first-order chi connectivity index (χ1) is 9.49. The molecule has 0 spiro atoms. The topological polar surface area (TPSA) is 55.7 Å². The Kier molecular flexibility index (Phi) is 4.15. The van der Waals surface area contributed by atoms with E-state index in [4.69, 9.17) is 16.4 Å². The first kappa shape index (κ1) is 14.2. The third-order valence-corrected chi connectivity index (χ3v) is 3.10. The Morgan fingerprint density at radius 1 is 1.15 bits per heavy atom. The van der Waals surface area contributed by atoms with Crippen LogP contribution < -0.4 is 0 Å². The molecule has 4 nitrogen and oxygen atoms in total. The molecule has 0 saturated carbocycles. The fourth-order valence-electron chi connectivity index (χ4n) is 1.75. The van der Waals surface area contributed by atoms with E-state index in [1.165, 1.54) is 0 Å². The molecule has 0 unspecified atom stereocenters. The lowest BCUT2D eigenvalue weighted by Gasteiger charge is -2.08. The maximum Gasteiger partial charge on any atom is 0.367 e. The molecule has 5 heteroatoms. The molecule has 1 aliphatic rings. The van der Waals surface area contributed by atoms with Crippen molar-refractivity contribution in [2.45, 2.75) is 13.8 Å².